The Balaban J connectivity index is 2.09. The van der Waals surface area contributed by atoms with Gasteiger partial charge in [0.05, 0.1) is 11.2 Å². The average molecular weight is 248 g/mol. The van der Waals surface area contributed by atoms with Crippen LogP contribution in [0.3, 0.4) is 0 Å². The molecule has 0 radical (unpaired) electrons. The molecule has 0 amide bonds. The number of aromatic nitrogens is 1. The van der Waals surface area contributed by atoms with Gasteiger partial charge in [-0.3, -0.25) is 0 Å². The highest BCUT2D eigenvalue weighted by atomic mass is 32.1. The number of nitrogens with zero attached hydrogens (tertiary/aromatic N) is 1. The molecule has 17 heavy (non-hydrogen) atoms. The van der Waals surface area contributed by atoms with E-state index < -0.39 is 0 Å². The van der Waals surface area contributed by atoms with Gasteiger partial charge in [-0.1, -0.05) is 25.1 Å². The monoisotopic (exact) mass is 248 g/mol. The lowest BCUT2D eigenvalue weighted by molar-refractivity contribution is 0.297. The van der Waals surface area contributed by atoms with Gasteiger partial charge in [-0.2, -0.15) is 0 Å². The van der Waals surface area contributed by atoms with Crippen LogP contribution in [-0.4, -0.2) is 4.98 Å². The van der Waals surface area contributed by atoms with Crippen molar-refractivity contribution in [1.29, 1.82) is 0 Å². The lowest BCUT2D eigenvalue weighted by Gasteiger charge is -2.15. The molecule has 4 heteroatoms. The van der Waals surface area contributed by atoms with E-state index >= 15 is 0 Å². The Bertz CT molecular complexity index is 456. The van der Waals surface area contributed by atoms with Crippen molar-refractivity contribution in [2.45, 2.75) is 26.0 Å². The van der Waals surface area contributed by atoms with Gasteiger partial charge in [-0.05, 0) is 12.5 Å². The van der Waals surface area contributed by atoms with Crippen molar-refractivity contribution in [3.05, 3.63) is 46.4 Å². The van der Waals surface area contributed by atoms with Crippen molar-refractivity contribution >= 4 is 11.3 Å². The number of nitrogens with two attached hydrogens (primary N) is 1. The molecular formula is C13H16N2OS. The van der Waals surface area contributed by atoms with E-state index in [2.05, 4.69) is 11.9 Å². The summed E-state index contributed by atoms with van der Waals surface area (Å²) in [5.41, 5.74) is 9.87. The van der Waals surface area contributed by atoms with Crippen LogP contribution in [0.5, 0.6) is 5.75 Å². The Morgan fingerprint density at radius 2 is 2.24 bits per heavy atom. The second-order valence-corrected chi connectivity index (χ2v) is 4.54. The van der Waals surface area contributed by atoms with Gasteiger partial charge in [-0.15, -0.1) is 11.3 Å². The Labute approximate surface area is 105 Å². The Morgan fingerprint density at radius 3 is 2.94 bits per heavy atom. The summed E-state index contributed by atoms with van der Waals surface area (Å²) < 4.78 is 5.77. The summed E-state index contributed by atoms with van der Waals surface area (Å²) in [6.07, 6.45) is 0.900. The molecule has 2 aromatic rings. The first-order chi connectivity index (χ1) is 8.31. The normalized spacial score (nSPS) is 12.4. The SMILES string of the molecule is CCC(N)c1ccccc1OCc1cscn1. The summed E-state index contributed by atoms with van der Waals surface area (Å²) in [6, 6.07) is 7.95. The summed E-state index contributed by atoms with van der Waals surface area (Å²) >= 11 is 1.57. The van der Waals surface area contributed by atoms with Crippen LogP contribution >= 0.6 is 11.3 Å². The van der Waals surface area contributed by atoms with Gasteiger partial charge in [0.1, 0.15) is 12.4 Å². The first-order valence-corrected chi connectivity index (χ1v) is 6.60. The summed E-state index contributed by atoms with van der Waals surface area (Å²) in [5.74, 6) is 0.856. The molecule has 1 aromatic heterocycles. The second kappa shape index (κ2) is 5.80. The van der Waals surface area contributed by atoms with Crippen LogP contribution in [-0.2, 0) is 6.61 Å². The summed E-state index contributed by atoms with van der Waals surface area (Å²) in [4.78, 5) is 4.19. The third-order valence-electron chi connectivity index (χ3n) is 2.62. The maximum atomic E-state index is 6.05. The molecule has 1 heterocycles. The van der Waals surface area contributed by atoms with Gasteiger partial charge in [0.25, 0.3) is 0 Å². The van der Waals surface area contributed by atoms with E-state index in [4.69, 9.17) is 10.5 Å². The van der Waals surface area contributed by atoms with Crippen LogP contribution in [0.4, 0.5) is 0 Å². The zero-order valence-electron chi connectivity index (χ0n) is 9.80. The number of hydrogen-bond acceptors (Lipinski definition) is 4. The molecule has 2 N–H and O–H groups in total. The van der Waals surface area contributed by atoms with Gasteiger partial charge in [0.2, 0.25) is 0 Å². The molecule has 0 aliphatic rings. The van der Waals surface area contributed by atoms with Crippen LogP contribution in [0.15, 0.2) is 35.2 Å². The van der Waals surface area contributed by atoms with E-state index in [9.17, 15) is 0 Å². The Hall–Kier alpha value is -1.39. The minimum Gasteiger partial charge on any atom is -0.487 e. The van der Waals surface area contributed by atoms with Crippen LogP contribution in [0.2, 0.25) is 0 Å². The van der Waals surface area contributed by atoms with E-state index in [0.29, 0.717) is 6.61 Å². The fourth-order valence-corrected chi connectivity index (χ4v) is 2.14. The number of para-hydroxylation sites is 1. The largest absolute Gasteiger partial charge is 0.487 e. The minimum atomic E-state index is 0.0293. The Morgan fingerprint density at radius 1 is 1.41 bits per heavy atom. The molecule has 0 saturated carbocycles. The molecule has 2 rings (SSSR count). The number of ether oxygens (including phenoxy) is 1. The summed E-state index contributed by atoms with van der Waals surface area (Å²) in [6.45, 7) is 2.57. The van der Waals surface area contributed by atoms with Crippen molar-refractivity contribution in [2.24, 2.45) is 5.73 Å². The fourth-order valence-electron chi connectivity index (χ4n) is 1.60. The van der Waals surface area contributed by atoms with E-state index in [0.717, 1.165) is 23.4 Å². The topological polar surface area (TPSA) is 48.1 Å². The van der Waals surface area contributed by atoms with E-state index in [-0.39, 0.29) is 6.04 Å². The van der Waals surface area contributed by atoms with E-state index in [1.54, 1.807) is 11.3 Å². The van der Waals surface area contributed by atoms with Crippen molar-refractivity contribution in [3.8, 4) is 5.75 Å². The first kappa shape index (κ1) is 12.1. The van der Waals surface area contributed by atoms with Gasteiger partial charge >= 0.3 is 0 Å². The minimum absolute atomic E-state index is 0.0293. The number of thiazole rings is 1. The lowest BCUT2D eigenvalue weighted by atomic mass is 10.0. The zero-order chi connectivity index (χ0) is 12.1. The standard InChI is InChI=1S/C13H16N2OS/c1-2-12(14)11-5-3-4-6-13(11)16-7-10-8-17-9-15-10/h3-6,8-9,12H,2,7,14H2,1H3. The highest BCUT2D eigenvalue weighted by Gasteiger charge is 2.09. The molecule has 0 saturated heterocycles. The predicted molar refractivity (Wildman–Crippen MR) is 70.1 cm³/mol. The number of benzene rings is 1. The van der Waals surface area contributed by atoms with Crippen LogP contribution < -0.4 is 10.5 Å². The number of rotatable bonds is 5. The Kier molecular flexibility index (Phi) is 4.12. The van der Waals surface area contributed by atoms with Gasteiger partial charge in [-0.25, -0.2) is 4.98 Å². The summed E-state index contributed by atoms with van der Waals surface area (Å²) in [5, 5.41) is 1.99. The third-order valence-corrected chi connectivity index (χ3v) is 3.25. The molecule has 0 aliphatic heterocycles. The molecule has 1 atom stereocenters. The number of hydrogen-bond donors (Lipinski definition) is 1. The maximum Gasteiger partial charge on any atom is 0.131 e. The second-order valence-electron chi connectivity index (χ2n) is 3.82. The van der Waals surface area contributed by atoms with Crippen molar-refractivity contribution < 1.29 is 4.74 Å². The van der Waals surface area contributed by atoms with Crippen molar-refractivity contribution in [3.63, 3.8) is 0 Å². The van der Waals surface area contributed by atoms with Crippen molar-refractivity contribution in [1.82, 2.24) is 4.98 Å². The van der Waals surface area contributed by atoms with Gasteiger partial charge in [0, 0.05) is 17.0 Å². The highest BCUT2D eigenvalue weighted by molar-refractivity contribution is 7.07. The van der Waals surface area contributed by atoms with Crippen LogP contribution in [0.1, 0.15) is 30.6 Å². The molecule has 0 spiro atoms. The first-order valence-electron chi connectivity index (χ1n) is 5.65. The van der Waals surface area contributed by atoms with E-state index in [1.807, 2.05) is 35.2 Å². The summed E-state index contributed by atoms with van der Waals surface area (Å²) in [7, 11) is 0. The maximum absolute atomic E-state index is 6.05. The molecule has 1 aromatic carbocycles. The van der Waals surface area contributed by atoms with E-state index in [1.165, 1.54) is 0 Å². The van der Waals surface area contributed by atoms with Gasteiger partial charge < -0.3 is 10.5 Å². The molecule has 0 aliphatic carbocycles. The average Bonchev–Trinajstić information content (AvgIpc) is 2.89. The molecule has 0 fully saturated rings. The smallest absolute Gasteiger partial charge is 0.131 e. The van der Waals surface area contributed by atoms with Crippen LogP contribution in [0, 0.1) is 0 Å². The fraction of sp³-hybridized carbons (Fsp3) is 0.308. The highest BCUT2D eigenvalue weighted by Crippen LogP contribution is 2.26. The zero-order valence-corrected chi connectivity index (χ0v) is 10.6. The third kappa shape index (κ3) is 3.05. The lowest BCUT2D eigenvalue weighted by Crippen LogP contribution is -2.10. The van der Waals surface area contributed by atoms with Gasteiger partial charge in [0.15, 0.2) is 0 Å². The molecule has 90 valence electrons. The predicted octanol–water partition coefficient (Wildman–Crippen LogP) is 3.13. The van der Waals surface area contributed by atoms with Crippen LogP contribution in [0.25, 0.3) is 0 Å². The van der Waals surface area contributed by atoms with Crippen molar-refractivity contribution in [2.75, 3.05) is 0 Å². The molecular weight excluding hydrogens is 232 g/mol. The molecule has 0 bridgehead atoms. The quantitative estimate of drug-likeness (QED) is 0.884. The molecule has 1 unspecified atom stereocenters. The molecule has 3 nitrogen and oxygen atoms in total.